The first-order valence-corrected chi connectivity index (χ1v) is 6.36. The van der Waals surface area contributed by atoms with Gasteiger partial charge in [-0.15, -0.1) is 0 Å². The van der Waals surface area contributed by atoms with Crippen LogP contribution in [-0.4, -0.2) is 16.6 Å². The van der Waals surface area contributed by atoms with E-state index in [-0.39, 0.29) is 23.0 Å². The predicted molar refractivity (Wildman–Crippen MR) is 78.0 cm³/mol. The van der Waals surface area contributed by atoms with Gasteiger partial charge in [0.1, 0.15) is 5.69 Å². The van der Waals surface area contributed by atoms with Gasteiger partial charge in [-0.1, -0.05) is 48.0 Å². The average Bonchev–Trinajstić information content (AvgIpc) is 2.46. The molecule has 2 aromatic rings. The lowest BCUT2D eigenvalue weighted by Gasteiger charge is -2.18. The molecule has 0 spiro atoms. The molecular weight excluding hydrogens is 280 g/mol. The number of benzene rings is 2. The lowest BCUT2D eigenvalue weighted by molar-refractivity contribution is -0.384. The minimum atomic E-state index is -0.506. The number of rotatable bonds is 5. The maximum absolute atomic E-state index is 11.0. The summed E-state index contributed by atoms with van der Waals surface area (Å²) in [7, 11) is 0. The zero-order valence-corrected chi connectivity index (χ0v) is 11.2. The normalized spacial score (nSPS) is 11.9. The van der Waals surface area contributed by atoms with Crippen molar-refractivity contribution in [2.45, 2.75) is 6.04 Å². The summed E-state index contributed by atoms with van der Waals surface area (Å²) in [5.74, 6) is 0. The number of nitrogens with zero attached hydrogens (tertiary/aromatic N) is 1. The molecule has 0 bridgehead atoms. The summed E-state index contributed by atoms with van der Waals surface area (Å²) in [4.78, 5) is 10.5. The van der Waals surface area contributed by atoms with E-state index in [0.717, 1.165) is 5.56 Å². The number of nitrogens with one attached hydrogen (secondary N) is 1. The van der Waals surface area contributed by atoms with Crippen molar-refractivity contribution in [1.29, 1.82) is 0 Å². The Morgan fingerprint density at radius 3 is 2.50 bits per heavy atom. The van der Waals surface area contributed by atoms with Crippen LogP contribution in [0.15, 0.2) is 48.5 Å². The lowest BCUT2D eigenvalue weighted by atomic mass is 10.1. The van der Waals surface area contributed by atoms with E-state index in [1.54, 1.807) is 6.07 Å². The number of hydrogen-bond acceptors (Lipinski definition) is 4. The third-order valence-corrected chi connectivity index (χ3v) is 3.21. The molecule has 0 aromatic heterocycles. The fraction of sp³-hybridized carbons (Fsp3) is 0.143. The van der Waals surface area contributed by atoms with Crippen molar-refractivity contribution in [1.82, 2.24) is 0 Å². The van der Waals surface area contributed by atoms with Gasteiger partial charge in [-0.2, -0.15) is 0 Å². The average molecular weight is 293 g/mol. The van der Waals surface area contributed by atoms with Gasteiger partial charge < -0.3 is 10.4 Å². The molecule has 0 saturated heterocycles. The number of nitro groups is 1. The zero-order chi connectivity index (χ0) is 14.5. The Bertz CT molecular complexity index is 605. The zero-order valence-electron chi connectivity index (χ0n) is 10.5. The molecule has 0 aliphatic heterocycles. The van der Waals surface area contributed by atoms with E-state index in [1.807, 2.05) is 30.3 Å². The molecule has 5 nitrogen and oxygen atoms in total. The highest BCUT2D eigenvalue weighted by Crippen LogP contribution is 2.34. The molecule has 1 unspecified atom stereocenters. The molecule has 6 heteroatoms. The second-order valence-corrected chi connectivity index (χ2v) is 4.59. The van der Waals surface area contributed by atoms with Gasteiger partial charge in [0.2, 0.25) is 0 Å². The van der Waals surface area contributed by atoms with Crippen molar-refractivity contribution in [3.05, 3.63) is 69.2 Å². The second kappa shape index (κ2) is 6.36. The fourth-order valence-electron chi connectivity index (χ4n) is 1.90. The van der Waals surface area contributed by atoms with E-state index in [1.165, 1.54) is 12.1 Å². The number of para-hydroxylation sites is 1. The maximum Gasteiger partial charge on any atom is 0.293 e. The van der Waals surface area contributed by atoms with Gasteiger partial charge in [-0.3, -0.25) is 10.1 Å². The Morgan fingerprint density at radius 1 is 1.20 bits per heavy atom. The van der Waals surface area contributed by atoms with E-state index >= 15 is 0 Å². The highest BCUT2D eigenvalue weighted by atomic mass is 35.5. The quantitative estimate of drug-likeness (QED) is 0.654. The summed E-state index contributed by atoms with van der Waals surface area (Å²) >= 11 is 6.01. The largest absolute Gasteiger partial charge is 0.394 e. The van der Waals surface area contributed by atoms with E-state index in [4.69, 9.17) is 11.6 Å². The topological polar surface area (TPSA) is 75.4 Å². The van der Waals surface area contributed by atoms with Crippen LogP contribution in [-0.2, 0) is 0 Å². The van der Waals surface area contributed by atoms with Crippen LogP contribution in [0.1, 0.15) is 11.6 Å². The van der Waals surface area contributed by atoms with Gasteiger partial charge in [-0.25, -0.2) is 0 Å². The van der Waals surface area contributed by atoms with Gasteiger partial charge in [0.15, 0.2) is 0 Å². The number of halogens is 1. The van der Waals surface area contributed by atoms with Crippen LogP contribution in [0.3, 0.4) is 0 Å². The first-order valence-electron chi connectivity index (χ1n) is 5.98. The molecule has 0 radical (unpaired) electrons. The molecule has 2 N–H and O–H groups in total. The smallest absolute Gasteiger partial charge is 0.293 e. The number of anilines is 1. The summed E-state index contributed by atoms with van der Waals surface area (Å²) in [5, 5.41) is 23.7. The Morgan fingerprint density at radius 2 is 1.90 bits per heavy atom. The second-order valence-electron chi connectivity index (χ2n) is 4.18. The van der Waals surface area contributed by atoms with Crippen LogP contribution in [0, 0.1) is 10.1 Å². The monoisotopic (exact) mass is 292 g/mol. The summed E-state index contributed by atoms with van der Waals surface area (Å²) < 4.78 is 0. The highest BCUT2D eigenvalue weighted by Gasteiger charge is 2.20. The molecule has 20 heavy (non-hydrogen) atoms. The third-order valence-electron chi connectivity index (χ3n) is 2.89. The molecule has 104 valence electrons. The minimum Gasteiger partial charge on any atom is -0.394 e. The molecule has 0 aliphatic carbocycles. The van der Waals surface area contributed by atoms with Crippen molar-refractivity contribution in [2.75, 3.05) is 11.9 Å². The molecule has 2 rings (SSSR count). The van der Waals surface area contributed by atoms with Crippen LogP contribution in [0.5, 0.6) is 0 Å². The van der Waals surface area contributed by atoms with Crippen LogP contribution in [0.2, 0.25) is 5.02 Å². The molecule has 0 aliphatic rings. The maximum atomic E-state index is 11.0. The SMILES string of the molecule is O=[N+]([O-])c1cccc(Cl)c1NC(CO)c1ccccc1. The molecular formula is C14H13ClN2O3. The van der Waals surface area contributed by atoms with E-state index < -0.39 is 11.0 Å². The Kier molecular flexibility index (Phi) is 4.55. The Balaban J connectivity index is 2.35. The standard InChI is InChI=1S/C14H13ClN2O3/c15-11-7-4-8-13(17(19)20)14(11)16-12(9-18)10-5-2-1-3-6-10/h1-8,12,16,18H,9H2. The lowest BCUT2D eigenvalue weighted by Crippen LogP contribution is -2.15. The van der Waals surface area contributed by atoms with Crippen LogP contribution in [0.25, 0.3) is 0 Å². The molecule has 0 heterocycles. The molecule has 0 amide bonds. The van der Waals surface area contributed by atoms with E-state index in [2.05, 4.69) is 5.32 Å². The van der Waals surface area contributed by atoms with Gasteiger partial charge in [-0.05, 0) is 11.6 Å². The number of aliphatic hydroxyl groups excluding tert-OH is 1. The van der Waals surface area contributed by atoms with Crippen molar-refractivity contribution in [3.63, 3.8) is 0 Å². The van der Waals surface area contributed by atoms with Crippen molar-refractivity contribution in [3.8, 4) is 0 Å². The van der Waals surface area contributed by atoms with E-state index in [9.17, 15) is 15.2 Å². The number of nitro benzene ring substituents is 1. The Labute approximate surface area is 121 Å². The van der Waals surface area contributed by atoms with Crippen LogP contribution < -0.4 is 5.32 Å². The summed E-state index contributed by atoms with van der Waals surface area (Å²) in [5.41, 5.74) is 0.915. The molecule has 0 saturated carbocycles. The van der Waals surface area contributed by atoms with Crippen molar-refractivity contribution in [2.24, 2.45) is 0 Å². The third kappa shape index (κ3) is 3.07. The predicted octanol–water partition coefficient (Wildman–Crippen LogP) is 3.39. The van der Waals surface area contributed by atoms with Crippen LogP contribution in [0.4, 0.5) is 11.4 Å². The van der Waals surface area contributed by atoms with Gasteiger partial charge >= 0.3 is 0 Å². The summed E-state index contributed by atoms with van der Waals surface area (Å²) in [6.45, 7) is -0.202. The van der Waals surface area contributed by atoms with E-state index in [0.29, 0.717) is 0 Å². The van der Waals surface area contributed by atoms with Gasteiger partial charge in [0.25, 0.3) is 5.69 Å². The first-order chi connectivity index (χ1) is 9.63. The number of hydrogen-bond donors (Lipinski definition) is 2. The molecule has 2 aromatic carbocycles. The van der Waals surface area contributed by atoms with Gasteiger partial charge in [0.05, 0.1) is 22.6 Å². The highest BCUT2D eigenvalue weighted by molar-refractivity contribution is 6.33. The van der Waals surface area contributed by atoms with Crippen molar-refractivity contribution >= 4 is 23.0 Å². The first kappa shape index (κ1) is 14.3. The fourth-order valence-corrected chi connectivity index (χ4v) is 2.13. The number of aliphatic hydroxyl groups is 1. The molecule has 1 atom stereocenters. The Hall–Kier alpha value is -2.11. The van der Waals surface area contributed by atoms with Crippen LogP contribution >= 0.6 is 11.6 Å². The summed E-state index contributed by atoms with van der Waals surface area (Å²) in [6, 6.07) is 13.2. The molecule has 0 fully saturated rings. The van der Waals surface area contributed by atoms with Gasteiger partial charge in [0, 0.05) is 6.07 Å². The minimum absolute atomic E-state index is 0.119. The summed E-state index contributed by atoms with van der Waals surface area (Å²) in [6.07, 6.45) is 0. The van der Waals surface area contributed by atoms with Crippen molar-refractivity contribution < 1.29 is 10.0 Å².